The van der Waals surface area contributed by atoms with Crippen LogP contribution in [0.15, 0.2) is 22.7 Å². The van der Waals surface area contributed by atoms with Crippen molar-refractivity contribution >= 4 is 15.9 Å². The van der Waals surface area contributed by atoms with Gasteiger partial charge in [0.2, 0.25) is 0 Å². The van der Waals surface area contributed by atoms with Crippen LogP contribution >= 0.6 is 15.9 Å². The molecule has 0 aliphatic carbocycles. The van der Waals surface area contributed by atoms with E-state index in [1.807, 2.05) is 13.0 Å². The van der Waals surface area contributed by atoms with Crippen molar-refractivity contribution in [3.63, 3.8) is 0 Å². The molecular formula is C14H20BrFN2O. The first-order valence-corrected chi connectivity index (χ1v) is 7.39. The Bertz CT molecular complexity index is 435. The molecule has 0 bridgehead atoms. The van der Waals surface area contributed by atoms with Gasteiger partial charge >= 0.3 is 0 Å². The zero-order chi connectivity index (χ0) is 13.9. The van der Waals surface area contributed by atoms with E-state index in [9.17, 15) is 9.50 Å². The molecule has 5 heteroatoms. The molecule has 1 aliphatic heterocycles. The van der Waals surface area contributed by atoms with E-state index >= 15 is 0 Å². The summed E-state index contributed by atoms with van der Waals surface area (Å²) in [6.07, 6.45) is 1.01. The van der Waals surface area contributed by atoms with E-state index < -0.39 is 5.54 Å². The monoisotopic (exact) mass is 330 g/mol. The highest BCUT2D eigenvalue weighted by Gasteiger charge is 2.35. The first-order chi connectivity index (χ1) is 9.08. The van der Waals surface area contributed by atoms with E-state index in [2.05, 4.69) is 26.1 Å². The van der Waals surface area contributed by atoms with Crippen LogP contribution in [-0.2, 0) is 5.54 Å². The van der Waals surface area contributed by atoms with E-state index in [0.717, 1.165) is 32.6 Å². The molecule has 2 rings (SSSR count). The predicted molar refractivity (Wildman–Crippen MR) is 77.6 cm³/mol. The Morgan fingerprint density at radius 3 is 2.89 bits per heavy atom. The highest BCUT2D eigenvalue weighted by Crippen LogP contribution is 2.31. The minimum Gasteiger partial charge on any atom is -0.394 e. The summed E-state index contributed by atoms with van der Waals surface area (Å²) in [4.78, 5) is 2.17. The molecule has 1 unspecified atom stereocenters. The number of aliphatic hydroxyl groups excluding tert-OH is 1. The van der Waals surface area contributed by atoms with Crippen molar-refractivity contribution in [1.29, 1.82) is 0 Å². The number of hydrogen-bond acceptors (Lipinski definition) is 3. The lowest BCUT2D eigenvalue weighted by Gasteiger charge is -2.40. The third kappa shape index (κ3) is 3.16. The van der Waals surface area contributed by atoms with Crippen molar-refractivity contribution in [2.45, 2.75) is 18.9 Å². The number of nitrogens with one attached hydrogen (secondary N) is 1. The fraction of sp³-hybridized carbons (Fsp3) is 0.571. The third-order valence-electron chi connectivity index (χ3n) is 3.86. The average Bonchev–Trinajstić information content (AvgIpc) is 2.67. The minimum atomic E-state index is -0.670. The van der Waals surface area contributed by atoms with E-state index in [4.69, 9.17) is 0 Å². The highest BCUT2D eigenvalue weighted by molar-refractivity contribution is 9.10. The molecule has 19 heavy (non-hydrogen) atoms. The summed E-state index contributed by atoms with van der Waals surface area (Å²) in [6, 6.07) is 5.04. The number of nitrogens with zero attached hydrogens (tertiary/aromatic N) is 1. The largest absolute Gasteiger partial charge is 0.394 e. The summed E-state index contributed by atoms with van der Waals surface area (Å²) >= 11 is 3.27. The van der Waals surface area contributed by atoms with Crippen molar-refractivity contribution < 1.29 is 9.50 Å². The Morgan fingerprint density at radius 1 is 1.42 bits per heavy atom. The van der Waals surface area contributed by atoms with Gasteiger partial charge in [-0.2, -0.15) is 0 Å². The number of halogens is 2. The van der Waals surface area contributed by atoms with Crippen LogP contribution in [0.4, 0.5) is 4.39 Å². The van der Waals surface area contributed by atoms with Gasteiger partial charge in [0.25, 0.3) is 0 Å². The van der Waals surface area contributed by atoms with Gasteiger partial charge in [0.1, 0.15) is 5.82 Å². The van der Waals surface area contributed by atoms with E-state index in [1.54, 1.807) is 6.07 Å². The Hall–Kier alpha value is -0.490. The first kappa shape index (κ1) is 14.9. The Morgan fingerprint density at radius 2 is 2.21 bits per heavy atom. The molecule has 1 aliphatic rings. The Kier molecular flexibility index (Phi) is 4.95. The van der Waals surface area contributed by atoms with Crippen molar-refractivity contribution in [1.82, 2.24) is 10.2 Å². The maximum atomic E-state index is 14.2. The number of benzene rings is 1. The van der Waals surface area contributed by atoms with Crippen molar-refractivity contribution in [3.05, 3.63) is 34.1 Å². The maximum absolute atomic E-state index is 14.2. The number of rotatable bonds is 3. The van der Waals surface area contributed by atoms with Gasteiger partial charge in [-0.15, -0.1) is 0 Å². The first-order valence-electron chi connectivity index (χ1n) is 6.60. The molecule has 0 amide bonds. The predicted octanol–water partition coefficient (Wildman–Crippen LogP) is 2.09. The molecule has 1 fully saturated rings. The van der Waals surface area contributed by atoms with E-state index in [1.165, 1.54) is 6.07 Å². The highest BCUT2D eigenvalue weighted by atomic mass is 79.9. The molecule has 1 aromatic carbocycles. The summed E-state index contributed by atoms with van der Waals surface area (Å²) in [7, 11) is 0. The van der Waals surface area contributed by atoms with Crippen LogP contribution in [-0.4, -0.2) is 42.8 Å². The van der Waals surface area contributed by atoms with Crippen LogP contribution in [0.25, 0.3) is 0 Å². The van der Waals surface area contributed by atoms with Gasteiger partial charge in [-0.25, -0.2) is 4.39 Å². The van der Waals surface area contributed by atoms with Crippen LogP contribution in [0, 0.1) is 5.82 Å². The van der Waals surface area contributed by atoms with Gasteiger partial charge in [-0.3, -0.25) is 4.90 Å². The lowest BCUT2D eigenvalue weighted by Crippen LogP contribution is -2.48. The summed E-state index contributed by atoms with van der Waals surface area (Å²) < 4.78 is 14.9. The lowest BCUT2D eigenvalue weighted by molar-refractivity contribution is 0.0424. The molecule has 0 saturated carbocycles. The smallest absolute Gasteiger partial charge is 0.129 e. The summed E-state index contributed by atoms with van der Waals surface area (Å²) in [5.41, 5.74) is -0.114. The molecule has 1 saturated heterocycles. The Balaban J connectivity index is 2.34. The standard InChI is InChI=1S/C14H20BrFN2O/c1-14(10-19,18-7-2-5-17-6-8-18)12-4-3-11(15)9-13(12)16/h3-4,9,17,19H,2,5-8,10H2,1H3. The second kappa shape index (κ2) is 6.31. The van der Waals surface area contributed by atoms with Crippen LogP contribution in [0.1, 0.15) is 18.9 Å². The third-order valence-corrected chi connectivity index (χ3v) is 4.35. The second-order valence-electron chi connectivity index (χ2n) is 5.15. The van der Waals surface area contributed by atoms with Crippen LogP contribution in [0.2, 0.25) is 0 Å². The molecule has 106 valence electrons. The van der Waals surface area contributed by atoms with Crippen molar-refractivity contribution in [2.75, 3.05) is 32.8 Å². The van der Waals surface area contributed by atoms with Crippen LogP contribution in [0.3, 0.4) is 0 Å². The molecule has 0 spiro atoms. The average molecular weight is 331 g/mol. The summed E-state index contributed by atoms with van der Waals surface area (Å²) in [5, 5.41) is 13.2. The summed E-state index contributed by atoms with van der Waals surface area (Å²) in [6.45, 7) is 5.33. The normalized spacial score (nSPS) is 20.8. The number of aliphatic hydroxyl groups is 1. The Labute approximate surface area is 121 Å². The molecule has 2 N–H and O–H groups in total. The van der Waals surface area contributed by atoms with Crippen LogP contribution < -0.4 is 5.32 Å². The van der Waals surface area contributed by atoms with E-state index in [0.29, 0.717) is 10.0 Å². The van der Waals surface area contributed by atoms with Gasteiger partial charge in [0, 0.05) is 29.7 Å². The van der Waals surface area contributed by atoms with Gasteiger partial charge in [0.05, 0.1) is 12.1 Å². The molecule has 1 aromatic rings. The van der Waals surface area contributed by atoms with Crippen molar-refractivity contribution in [2.24, 2.45) is 0 Å². The van der Waals surface area contributed by atoms with Gasteiger partial charge in [0.15, 0.2) is 0 Å². The number of hydrogen-bond donors (Lipinski definition) is 2. The minimum absolute atomic E-state index is 0.0917. The van der Waals surface area contributed by atoms with Gasteiger partial charge in [-0.1, -0.05) is 22.0 Å². The fourth-order valence-corrected chi connectivity index (χ4v) is 2.95. The second-order valence-corrected chi connectivity index (χ2v) is 6.06. The molecule has 3 nitrogen and oxygen atoms in total. The van der Waals surface area contributed by atoms with Crippen LogP contribution in [0.5, 0.6) is 0 Å². The molecular weight excluding hydrogens is 311 g/mol. The topological polar surface area (TPSA) is 35.5 Å². The molecule has 1 heterocycles. The van der Waals surface area contributed by atoms with E-state index in [-0.39, 0.29) is 12.4 Å². The molecule has 0 aromatic heterocycles. The van der Waals surface area contributed by atoms with Crippen molar-refractivity contribution in [3.8, 4) is 0 Å². The lowest BCUT2D eigenvalue weighted by atomic mass is 9.90. The molecule has 0 radical (unpaired) electrons. The fourth-order valence-electron chi connectivity index (χ4n) is 2.62. The molecule has 1 atom stereocenters. The maximum Gasteiger partial charge on any atom is 0.129 e. The zero-order valence-electron chi connectivity index (χ0n) is 11.1. The zero-order valence-corrected chi connectivity index (χ0v) is 12.7. The van der Waals surface area contributed by atoms with Gasteiger partial charge in [-0.05, 0) is 32.0 Å². The quantitative estimate of drug-likeness (QED) is 0.890. The summed E-state index contributed by atoms with van der Waals surface area (Å²) in [5.74, 6) is -0.275. The van der Waals surface area contributed by atoms with Gasteiger partial charge < -0.3 is 10.4 Å². The SMILES string of the molecule is CC(CO)(c1ccc(Br)cc1F)N1CCCNCC1.